The summed E-state index contributed by atoms with van der Waals surface area (Å²) in [6.45, 7) is 8.47. The van der Waals surface area contributed by atoms with Crippen LogP contribution in [-0.4, -0.2) is 52.0 Å². The van der Waals surface area contributed by atoms with Gasteiger partial charge in [-0.1, -0.05) is 36.4 Å². The van der Waals surface area contributed by atoms with Crippen LogP contribution in [0.3, 0.4) is 0 Å². The van der Waals surface area contributed by atoms with E-state index in [2.05, 4.69) is 46.7 Å². The Labute approximate surface area is 197 Å². The highest BCUT2D eigenvalue weighted by molar-refractivity contribution is 14.0. The van der Waals surface area contributed by atoms with Crippen LogP contribution in [0.5, 0.6) is 5.75 Å². The lowest BCUT2D eigenvalue weighted by molar-refractivity contribution is 0.122. The number of nitrogens with zero attached hydrogens (tertiary/aromatic N) is 2. The number of rotatable bonds is 9. The van der Waals surface area contributed by atoms with Gasteiger partial charge in [0.05, 0.1) is 26.4 Å². The molecular formula is C23H33IN4O2. The number of ether oxygens (including phenoxy) is 2. The smallest absolute Gasteiger partial charge is 0.191 e. The third-order valence-electron chi connectivity index (χ3n) is 4.72. The zero-order chi connectivity index (χ0) is 20.2. The predicted molar refractivity (Wildman–Crippen MR) is 134 cm³/mol. The zero-order valence-corrected chi connectivity index (χ0v) is 20.0. The molecule has 30 heavy (non-hydrogen) atoms. The normalized spacial score (nSPS) is 14.0. The number of anilines is 1. The fourth-order valence-corrected chi connectivity index (χ4v) is 3.25. The minimum Gasteiger partial charge on any atom is -0.494 e. The first-order chi connectivity index (χ1) is 14.4. The van der Waals surface area contributed by atoms with E-state index in [-0.39, 0.29) is 24.0 Å². The van der Waals surface area contributed by atoms with Gasteiger partial charge in [-0.2, -0.15) is 0 Å². The van der Waals surface area contributed by atoms with Crippen LogP contribution in [0.4, 0.5) is 5.69 Å². The monoisotopic (exact) mass is 524 g/mol. The number of hydrogen-bond donors (Lipinski definition) is 2. The van der Waals surface area contributed by atoms with E-state index in [0.29, 0.717) is 13.2 Å². The van der Waals surface area contributed by atoms with Crippen LogP contribution in [0, 0.1) is 0 Å². The summed E-state index contributed by atoms with van der Waals surface area (Å²) in [5.74, 6) is 1.75. The highest BCUT2D eigenvalue weighted by Crippen LogP contribution is 2.22. The van der Waals surface area contributed by atoms with Crippen molar-refractivity contribution in [3.05, 3.63) is 60.2 Å². The van der Waals surface area contributed by atoms with Crippen molar-refractivity contribution < 1.29 is 9.47 Å². The molecular weight excluding hydrogens is 491 g/mol. The fraction of sp³-hybridized carbons (Fsp3) is 0.435. The standard InChI is InChI=1S/C23H32N4O2.HI/c1-2-24-23(25-13-8-16-29-21-10-4-3-5-11-21)26-19-20-9-6-7-12-22(20)27-14-17-28-18-15-27;/h3-7,9-12H,2,8,13-19H2,1H3,(H2,24,25,26);1H. The van der Waals surface area contributed by atoms with Crippen molar-refractivity contribution in [1.82, 2.24) is 10.6 Å². The Morgan fingerprint density at radius 2 is 1.77 bits per heavy atom. The van der Waals surface area contributed by atoms with Crippen molar-refractivity contribution in [2.45, 2.75) is 19.9 Å². The van der Waals surface area contributed by atoms with Crippen LogP contribution in [0.1, 0.15) is 18.9 Å². The molecule has 164 valence electrons. The molecule has 0 amide bonds. The highest BCUT2D eigenvalue weighted by Gasteiger charge is 2.14. The van der Waals surface area contributed by atoms with Gasteiger partial charge < -0.3 is 25.0 Å². The lowest BCUT2D eigenvalue weighted by Gasteiger charge is -2.30. The largest absolute Gasteiger partial charge is 0.494 e. The molecule has 0 aliphatic carbocycles. The molecule has 0 bridgehead atoms. The van der Waals surface area contributed by atoms with E-state index in [4.69, 9.17) is 14.5 Å². The van der Waals surface area contributed by atoms with Gasteiger partial charge >= 0.3 is 0 Å². The average Bonchev–Trinajstić information content (AvgIpc) is 2.78. The highest BCUT2D eigenvalue weighted by atomic mass is 127. The van der Waals surface area contributed by atoms with Gasteiger partial charge in [-0.05, 0) is 37.1 Å². The van der Waals surface area contributed by atoms with E-state index in [1.165, 1.54) is 11.3 Å². The first-order valence-corrected chi connectivity index (χ1v) is 10.5. The zero-order valence-electron chi connectivity index (χ0n) is 17.7. The van der Waals surface area contributed by atoms with E-state index >= 15 is 0 Å². The summed E-state index contributed by atoms with van der Waals surface area (Å²) < 4.78 is 11.2. The minimum atomic E-state index is 0. The Bertz CT molecular complexity index is 752. The van der Waals surface area contributed by atoms with Gasteiger partial charge in [-0.15, -0.1) is 24.0 Å². The third-order valence-corrected chi connectivity index (χ3v) is 4.72. The summed E-state index contributed by atoms with van der Waals surface area (Å²) in [4.78, 5) is 7.18. The second-order valence-corrected chi connectivity index (χ2v) is 6.87. The van der Waals surface area contributed by atoms with Crippen molar-refractivity contribution in [1.29, 1.82) is 0 Å². The van der Waals surface area contributed by atoms with Crippen LogP contribution < -0.4 is 20.3 Å². The third kappa shape index (κ3) is 8.02. The summed E-state index contributed by atoms with van der Waals surface area (Å²) >= 11 is 0. The van der Waals surface area contributed by atoms with E-state index in [1.807, 2.05) is 30.3 Å². The number of morpholine rings is 1. The molecule has 3 rings (SSSR count). The Balaban J connectivity index is 0.00000320. The molecule has 0 aromatic heterocycles. The maximum absolute atomic E-state index is 5.74. The average molecular weight is 524 g/mol. The Kier molecular flexibility index (Phi) is 11.4. The molecule has 0 radical (unpaired) electrons. The van der Waals surface area contributed by atoms with Crippen molar-refractivity contribution in [2.75, 3.05) is 50.9 Å². The number of aliphatic imine (C=N–C) groups is 1. The molecule has 2 aromatic rings. The maximum atomic E-state index is 5.74. The number of benzene rings is 2. The summed E-state index contributed by atoms with van der Waals surface area (Å²) in [6, 6.07) is 18.4. The van der Waals surface area contributed by atoms with Gasteiger partial charge in [0, 0.05) is 31.9 Å². The first kappa shape index (κ1) is 24.3. The van der Waals surface area contributed by atoms with Gasteiger partial charge in [-0.25, -0.2) is 4.99 Å². The molecule has 6 nitrogen and oxygen atoms in total. The second kappa shape index (κ2) is 14.1. The van der Waals surface area contributed by atoms with Crippen LogP contribution in [0.25, 0.3) is 0 Å². The number of nitrogens with one attached hydrogen (secondary N) is 2. The maximum Gasteiger partial charge on any atom is 0.191 e. The molecule has 1 saturated heterocycles. The summed E-state index contributed by atoms with van der Waals surface area (Å²) in [5.41, 5.74) is 2.49. The molecule has 7 heteroatoms. The Hall–Kier alpha value is -2.00. The summed E-state index contributed by atoms with van der Waals surface area (Å²) in [7, 11) is 0. The molecule has 0 saturated carbocycles. The van der Waals surface area contributed by atoms with E-state index in [9.17, 15) is 0 Å². The molecule has 2 N–H and O–H groups in total. The Morgan fingerprint density at radius 3 is 2.53 bits per heavy atom. The van der Waals surface area contributed by atoms with E-state index < -0.39 is 0 Å². The van der Waals surface area contributed by atoms with E-state index in [0.717, 1.165) is 57.5 Å². The quantitative estimate of drug-likeness (QED) is 0.227. The first-order valence-electron chi connectivity index (χ1n) is 10.5. The molecule has 0 atom stereocenters. The topological polar surface area (TPSA) is 58.1 Å². The van der Waals surface area contributed by atoms with Gasteiger partial charge in [0.1, 0.15) is 5.75 Å². The lowest BCUT2D eigenvalue weighted by Crippen LogP contribution is -2.38. The van der Waals surface area contributed by atoms with Crippen LogP contribution in [0.2, 0.25) is 0 Å². The predicted octanol–water partition coefficient (Wildman–Crippen LogP) is 3.67. The van der Waals surface area contributed by atoms with Crippen LogP contribution in [-0.2, 0) is 11.3 Å². The van der Waals surface area contributed by atoms with Crippen molar-refractivity contribution in [2.24, 2.45) is 4.99 Å². The molecule has 1 fully saturated rings. The van der Waals surface area contributed by atoms with Gasteiger partial charge in [0.15, 0.2) is 5.96 Å². The van der Waals surface area contributed by atoms with Crippen molar-refractivity contribution in [3.63, 3.8) is 0 Å². The molecule has 1 aliphatic heterocycles. The van der Waals surface area contributed by atoms with Gasteiger partial charge in [0.2, 0.25) is 0 Å². The SMILES string of the molecule is CCNC(=NCc1ccccc1N1CCOCC1)NCCCOc1ccccc1.I. The molecule has 2 aromatic carbocycles. The number of hydrogen-bond acceptors (Lipinski definition) is 4. The fourth-order valence-electron chi connectivity index (χ4n) is 3.25. The van der Waals surface area contributed by atoms with Gasteiger partial charge in [0.25, 0.3) is 0 Å². The Morgan fingerprint density at radius 1 is 1.03 bits per heavy atom. The van der Waals surface area contributed by atoms with E-state index in [1.54, 1.807) is 0 Å². The summed E-state index contributed by atoms with van der Waals surface area (Å²) in [6.07, 6.45) is 0.906. The van der Waals surface area contributed by atoms with Crippen LogP contribution >= 0.6 is 24.0 Å². The van der Waals surface area contributed by atoms with Gasteiger partial charge in [-0.3, -0.25) is 0 Å². The number of guanidine groups is 1. The second-order valence-electron chi connectivity index (χ2n) is 6.87. The molecule has 1 heterocycles. The molecule has 0 unspecified atom stereocenters. The van der Waals surface area contributed by atoms with Crippen molar-refractivity contribution in [3.8, 4) is 5.75 Å². The van der Waals surface area contributed by atoms with Crippen LogP contribution in [0.15, 0.2) is 59.6 Å². The number of para-hydroxylation sites is 2. The molecule has 1 aliphatic rings. The van der Waals surface area contributed by atoms with Crippen molar-refractivity contribution >= 4 is 35.6 Å². The lowest BCUT2D eigenvalue weighted by atomic mass is 10.1. The minimum absolute atomic E-state index is 0. The molecule has 0 spiro atoms. The number of halogens is 1. The summed E-state index contributed by atoms with van der Waals surface area (Å²) in [5, 5.41) is 6.73.